The summed E-state index contributed by atoms with van der Waals surface area (Å²) >= 11 is 5.88. The van der Waals surface area contributed by atoms with Crippen molar-refractivity contribution in [2.75, 3.05) is 7.11 Å². The number of hydrogen-bond acceptors (Lipinski definition) is 2. The highest BCUT2D eigenvalue weighted by atomic mass is 35.5. The van der Waals surface area contributed by atoms with Gasteiger partial charge >= 0.3 is 0 Å². The van der Waals surface area contributed by atoms with Gasteiger partial charge < -0.3 is 9.72 Å². The molecule has 80 valence electrons. The van der Waals surface area contributed by atoms with Crippen LogP contribution in [-0.2, 0) is 0 Å². The molecular weight excluding hydrogens is 224 g/mol. The number of aromatic nitrogens is 2. The Kier molecular flexibility index (Phi) is 2.01. The highest BCUT2D eigenvalue weighted by Crippen LogP contribution is 2.28. The summed E-state index contributed by atoms with van der Waals surface area (Å²) in [5.41, 5.74) is 2.01. The van der Waals surface area contributed by atoms with Crippen LogP contribution in [0.1, 0.15) is 0 Å². The van der Waals surface area contributed by atoms with Crippen LogP contribution < -0.4 is 4.74 Å². The number of H-pyrrole nitrogens is 1. The maximum atomic E-state index is 5.88. The number of ether oxygens (including phenoxy) is 1. The molecule has 0 saturated carbocycles. The zero-order valence-electron chi connectivity index (χ0n) is 8.62. The molecule has 0 radical (unpaired) electrons. The van der Waals surface area contributed by atoms with E-state index in [0.717, 1.165) is 27.6 Å². The predicted molar refractivity (Wildman–Crippen MR) is 65.2 cm³/mol. The van der Waals surface area contributed by atoms with Crippen LogP contribution in [-0.4, -0.2) is 17.1 Å². The highest BCUT2D eigenvalue weighted by molar-refractivity contribution is 6.30. The number of pyridine rings is 1. The number of fused-ring (bicyclic) bond motifs is 3. The van der Waals surface area contributed by atoms with Crippen molar-refractivity contribution in [3.63, 3.8) is 0 Å². The summed E-state index contributed by atoms with van der Waals surface area (Å²) in [7, 11) is 1.66. The molecule has 3 aromatic rings. The Morgan fingerprint density at radius 1 is 1.19 bits per heavy atom. The van der Waals surface area contributed by atoms with Gasteiger partial charge in [-0.1, -0.05) is 11.6 Å². The van der Waals surface area contributed by atoms with Gasteiger partial charge in [0.05, 0.1) is 24.3 Å². The van der Waals surface area contributed by atoms with Gasteiger partial charge in [-0.2, -0.15) is 0 Å². The first kappa shape index (κ1) is 9.48. The minimum absolute atomic E-state index is 0.504. The summed E-state index contributed by atoms with van der Waals surface area (Å²) in [5.74, 6) is 0.832. The zero-order chi connectivity index (χ0) is 11.1. The Labute approximate surface area is 97.0 Å². The molecule has 0 fully saturated rings. The molecule has 0 bridgehead atoms. The summed E-state index contributed by atoms with van der Waals surface area (Å²) in [6.45, 7) is 0. The minimum atomic E-state index is 0.504. The van der Waals surface area contributed by atoms with Gasteiger partial charge in [0.2, 0.25) is 0 Å². The number of rotatable bonds is 1. The number of methoxy groups -OCH3 is 1. The summed E-state index contributed by atoms with van der Waals surface area (Å²) in [6.07, 6.45) is 1.74. The SMILES string of the molecule is COc1ccc2c(c1)[nH]c1cnc(Cl)cc12. The van der Waals surface area contributed by atoms with E-state index < -0.39 is 0 Å². The van der Waals surface area contributed by atoms with Gasteiger partial charge in [0.15, 0.2) is 0 Å². The Morgan fingerprint density at radius 3 is 2.88 bits per heavy atom. The molecule has 1 aromatic carbocycles. The van der Waals surface area contributed by atoms with Crippen LogP contribution in [0.15, 0.2) is 30.5 Å². The molecule has 4 heteroatoms. The first-order valence-corrected chi connectivity index (χ1v) is 5.27. The van der Waals surface area contributed by atoms with Crippen LogP contribution in [0.3, 0.4) is 0 Å². The molecule has 16 heavy (non-hydrogen) atoms. The Morgan fingerprint density at radius 2 is 2.06 bits per heavy atom. The van der Waals surface area contributed by atoms with Gasteiger partial charge in [-0.3, -0.25) is 0 Å². The van der Waals surface area contributed by atoms with Gasteiger partial charge in [0, 0.05) is 16.8 Å². The Balaban J connectivity index is 2.41. The van der Waals surface area contributed by atoms with Crippen LogP contribution in [0, 0.1) is 0 Å². The van der Waals surface area contributed by atoms with E-state index in [2.05, 4.69) is 9.97 Å². The lowest BCUT2D eigenvalue weighted by atomic mass is 10.2. The lowest BCUT2D eigenvalue weighted by molar-refractivity contribution is 0.415. The second-order valence-electron chi connectivity index (χ2n) is 3.59. The fourth-order valence-corrected chi connectivity index (χ4v) is 2.04. The van der Waals surface area contributed by atoms with Crippen molar-refractivity contribution in [3.05, 3.63) is 35.6 Å². The average molecular weight is 233 g/mol. The first-order chi connectivity index (χ1) is 7.78. The maximum Gasteiger partial charge on any atom is 0.129 e. The summed E-state index contributed by atoms with van der Waals surface area (Å²) in [4.78, 5) is 7.33. The third-order valence-corrected chi connectivity index (χ3v) is 2.86. The Bertz CT molecular complexity index is 675. The van der Waals surface area contributed by atoms with E-state index in [1.165, 1.54) is 0 Å². The van der Waals surface area contributed by atoms with Crippen molar-refractivity contribution in [1.29, 1.82) is 0 Å². The topological polar surface area (TPSA) is 37.9 Å². The molecule has 0 spiro atoms. The van der Waals surface area contributed by atoms with Crippen molar-refractivity contribution in [2.24, 2.45) is 0 Å². The van der Waals surface area contributed by atoms with Crippen molar-refractivity contribution >= 4 is 33.4 Å². The second kappa shape index (κ2) is 3.39. The van der Waals surface area contributed by atoms with Crippen molar-refractivity contribution in [2.45, 2.75) is 0 Å². The zero-order valence-corrected chi connectivity index (χ0v) is 9.38. The Hall–Kier alpha value is -1.74. The molecule has 0 aliphatic rings. The predicted octanol–water partition coefficient (Wildman–Crippen LogP) is 3.38. The van der Waals surface area contributed by atoms with Crippen LogP contribution >= 0.6 is 11.6 Å². The number of nitrogens with zero attached hydrogens (tertiary/aromatic N) is 1. The molecule has 0 aliphatic carbocycles. The molecule has 3 rings (SSSR count). The number of nitrogens with one attached hydrogen (secondary N) is 1. The lowest BCUT2D eigenvalue weighted by Gasteiger charge is -1.98. The van der Waals surface area contributed by atoms with Gasteiger partial charge in [-0.05, 0) is 18.2 Å². The molecule has 3 nitrogen and oxygen atoms in total. The van der Waals surface area contributed by atoms with Crippen LogP contribution in [0.25, 0.3) is 21.8 Å². The average Bonchev–Trinajstić information content (AvgIpc) is 2.66. The molecule has 2 aromatic heterocycles. The minimum Gasteiger partial charge on any atom is -0.497 e. The summed E-state index contributed by atoms with van der Waals surface area (Å²) in [5, 5.41) is 2.71. The quantitative estimate of drug-likeness (QED) is 0.653. The monoisotopic (exact) mass is 232 g/mol. The van der Waals surface area contributed by atoms with Gasteiger partial charge in [-0.25, -0.2) is 4.98 Å². The molecule has 0 atom stereocenters. The van der Waals surface area contributed by atoms with E-state index in [9.17, 15) is 0 Å². The maximum absolute atomic E-state index is 5.88. The van der Waals surface area contributed by atoms with Crippen LogP contribution in [0.4, 0.5) is 0 Å². The molecule has 1 N–H and O–H groups in total. The highest BCUT2D eigenvalue weighted by Gasteiger charge is 2.05. The summed E-state index contributed by atoms with van der Waals surface area (Å²) < 4.78 is 5.18. The largest absolute Gasteiger partial charge is 0.497 e. The molecule has 0 saturated heterocycles. The van der Waals surface area contributed by atoms with Gasteiger partial charge in [-0.15, -0.1) is 0 Å². The molecule has 2 heterocycles. The van der Waals surface area contributed by atoms with Crippen LogP contribution in [0.2, 0.25) is 5.15 Å². The smallest absolute Gasteiger partial charge is 0.129 e. The fraction of sp³-hybridized carbons (Fsp3) is 0.0833. The van der Waals surface area contributed by atoms with Crippen molar-refractivity contribution in [3.8, 4) is 5.75 Å². The van der Waals surface area contributed by atoms with E-state index in [-0.39, 0.29) is 0 Å². The van der Waals surface area contributed by atoms with Crippen molar-refractivity contribution < 1.29 is 4.74 Å². The van der Waals surface area contributed by atoms with Crippen molar-refractivity contribution in [1.82, 2.24) is 9.97 Å². The third-order valence-electron chi connectivity index (χ3n) is 2.66. The van der Waals surface area contributed by atoms with E-state index in [1.54, 1.807) is 13.3 Å². The number of halogens is 1. The first-order valence-electron chi connectivity index (χ1n) is 4.89. The molecule has 0 aliphatic heterocycles. The van der Waals surface area contributed by atoms with E-state index in [1.807, 2.05) is 24.3 Å². The molecular formula is C12H9ClN2O. The lowest BCUT2D eigenvalue weighted by Crippen LogP contribution is -1.80. The third kappa shape index (κ3) is 1.32. The van der Waals surface area contributed by atoms with E-state index >= 15 is 0 Å². The van der Waals surface area contributed by atoms with Crippen LogP contribution in [0.5, 0.6) is 5.75 Å². The summed E-state index contributed by atoms with van der Waals surface area (Å²) in [6, 6.07) is 7.78. The van der Waals surface area contributed by atoms with E-state index in [4.69, 9.17) is 16.3 Å². The molecule has 0 unspecified atom stereocenters. The van der Waals surface area contributed by atoms with Gasteiger partial charge in [0.1, 0.15) is 10.9 Å². The second-order valence-corrected chi connectivity index (χ2v) is 3.98. The number of benzene rings is 1. The standard InChI is InChI=1S/C12H9ClN2O/c1-16-7-2-3-8-9-5-12(13)14-6-11(9)15-10(8)4-7/h2-6,15H,1H3. The number of aromatic amines is 1. The normalized spacial score (nSPS) is 11.1. The number of hydrogen-bond donors (Lipinski definition) is 1. The van der Waals surface area contributed by atoms with Gasteiger partial charge in [0.25, 0.3) is 0 Å². The molecule has 0 amide bonds. The fourth-order valence-electron chi connectivity index (χ4n) is 1.89. The van der Waals surface area contributed by atoms with E-state index in [0.29, 0.717) is 5.15 Å².